The topological polar surface area (TPSA) is 46.1 Å². The Kier molecular flexibility index (Phi) is 6.07. The molecule has 0 bridgehead atoms. The first kappa shape index (κ1) is 18.2. The average molecular weight is 369 g/mol. The summed E-state index contributed by atoms with van der Waals surface area (Å²) in [7, 11) is 1.83. The lowest BCUT2D eigenvalue weighted by atomic mass is 10.2. The lowest BCUT2D eigenvalue weighted by Gasteiger charge is -2.16. The van der Waals surface area contributed by atoms with E-state index >= 15 is 0 Å². The number of aryl methyl sites for hydroxylation is 1. The Hall–Kier alpha value is -2.60. The van der Waals surface area contributed by atoms with Crippen molar-refractivity contribution in [2.24, 2.45) is 0 Å². The Balaban J connectivity index is 1.49. The molecule has 3 aromatic rings. The van der Waals surface area contributed by atoms with Gasteiger partial charge in [-0.3, -0.25) is 9.78 Å². The lowest BCUT2D eigenvalue weighted by molar-refractivity contribution is -0.129. The number of carbonyl (C=O) groups is 1. The molecule has 1 amide bonds. The normalized spacial score (nSPS) is 10.7. The molecule has 0 spiro atoms. The van der Waals surface area contributed by atoms with Gasteiger partial charge in [-0.05, 0) is 48.4 Å². The van der Waals surface area contributed by atoms with E-state index in [1.54, 1.807) is 29.4 Å². The third-order valence-corrected chi connectivity index (χ3v) is 5.06. The molecule has 2 heterocycles. The van der Waals surface area contributed by atoms with Crippen LogP contribution in [0.3, 0.4) is 0 Å². The molecule has 1 aromatic carbocycles. The quantitative estimate of drug-likeness (QED) is 0.633. The molecule has 26 heavy (non-hydrogen) atoms. The van der Waals surface area contributed by atoms with Crippen LogP contribution >= 0.6 is 11.3 Å². The van der Waals surface area contributed by atoms with Crippen molar-refractivity contribution in [3.63, 3.8) is 0 Å². The molecule has 0 aliphatic carbocycles. The number of benzene rings is 1. The van der Waals surface area contributed by atoms with E-state index in [9.17, 15) is 9.18 Å². The van der Waals surface area contributed by atoms with Gasteiger partial charge in [0.05, 0.1) is 10.7 Å². The predicted octanol–water partition coefficient (Wildman–Crippen LogP) is 3.98. The highest BCUT2D eigenvalue weighted by molar-refractivity contribution is 7.09. The molecule has 0 N–H and O–H groups in total. The molecule has 3 rings (SSSR count). The molecule has 6 heteroatoms. The summed E-state index contributed by atoms with van der Waals surface area (Å²) in [5.74, 6) is -0.151. The Morgan fingerprint density at radius 3 is 2.58 bits per heavy atom. The van der Waals surface area contributed by atoms with Gasteiger partial charge < -0.3 is 4.90 Å². The number of carbonyl (C=O) groups excluding carboxylic acids is 1. The van der Waals surface area contributed by atoms with Gasteiger partial charge in [0.1, 0.15) is 5.82 Å². The Morgan fingerprint density at radius 1 is 1.12 bits per heavy atom. The molecule has 0 unspecified atom stereocenters. The fraction of sp³-hybridized carbons (Fsp3) is 0.250. The van der Waals surface area contributed by atoms with Crippen molar-refractivity contribution >= 4 is 17.2 Å². The fourth-order valence-corrected chi connectivity index (χ4v) is 3.36. The number of hydrogen-bond donors (Lipinski definition) is 0. The summed E-state index contributed by atoms with van der Waals surface area (Å²) < 4.78 is 13.0. The second-order valence-corrected chi connectivity index (χ2v) is 7.00. The zero-order valence-corrected chi connectivity index (χ0v) is 15.4. The minimum atomic E-state index is -0.260. The number of halogens is 1. The molecule has 134 valence electrons. The van der Waals surface area contributed by atoms with E-state index in [1.165, 1.54) is 29.0 Å². The van der Waals surface area contributed by atoms with Gasteiger partial charge in [0.2, 0.25) is 5.91 Å². The van der Waals surface area contributed by atoms with Crippen molar-refractivity contribution in [2.45, 2.75) is 19.3 Å². The van der Waals surface area contributed by atoms with E-state index in [1.807, 2.05) is 24.6 Å². The van der Waals surface area contributed by atoms with Gasteiger partial charge in [-0.1, -0.05) is 0 Å². The van der Waals surface area contributed by atoms with Crippen molar-refractivity contribution in [1.29, 1.82) is 0 Å². The van der Waals surface area contributed by atoms with Gasteiger partial charge in [0.15, 0.2) is 0 Å². The summed E-state index contributed by atoms with van der Waals surface area (Å²) in [5.41, 5.74) is 2.88. The average Bonchev–Trinajstić information content (AvgIpc) is 3.14. The zero-order valence-electron chi connectivity index (χ0n) is 14.6. The SMILES string of the molecule is CN(CCc1ccncc1)C(=O)CCc1nc(-c2ccc(F)cc2)cs1. The van der Waals surface area contributed by atoms with E-state index in [0.29, 0.717) is 19.4 Å². The number of likely N-dealkylation sites (N-methyl/N-ethyl adjacent to an activating group) is 1. The number of nitrogens with zero attached hydrogens (tertiary/aromatic N) is 3. The maximum Gasteiger partial charge on any atom is 0.222 e. The van der Waals surface area contributed by atoms with Gasteiger partial charge in [0, 0.05) is 49.8 Å². The van der Waals surface area contributed by atoms with Crippen molar-refractivity contribution in [3.8, 4) is 11.3 Å². The molecule has 0 saturated carbocycles. The molecular formula is C20H20FN3OS. The number of aromatic nitrogens is 2. The van der Waals surface area contributed by atoms with Gasteiger partial charge in [-0.25, -0.2) is 9.37 Å². The standard InChI is InChI=1S/C20H20FN3OS/c1-24(13-10-15-8-11-22-12-9-15)20(25)7-6-19-23-18(14-26-19)16-2-4-17(21)5-3-16/h2-5,8-9,11-12,14H,6-7,10,13H2,1H3. The molecule has 0 radical (unpaired) electrons. The summed E-state index contributed by atoms with van der Waals surface area (Å²) in [6.07, 6.45) is 5.39. The molecule has 0 atom stereocenters. The summed E-state index contributed by atoms with van der Waals surface area (Å²) in [6, 6.07) is 10.2. The summed E-state index contributed by atoms with van der Waals surface area (Å²) in [4.78, 5) is 22.6. The maximum atomic E-state index is 13.0. The van der Waals surface area contributed by atoms with Crippen LogP contribution in [0.15, 0.2) is 54.2 Å². The van der Waals surface area contributed by atoms with E-state index in [4.69, 9.17) is 0 Å². The van der Waals surface area contributed by atoms with Crippen LogP contribution < -0.4 is 0 Å². The highest BCUT2D eigenvalue weighted by Gasteiger charge is 2.11. The maximum absolute atomic E-state index is 13.0. The molecule has 0 aliphatic rings. The predicted molar refractivity (Wildman–Crippen MR) is 101 cm³/mol. The molecule has 0 fully saturated rings. The van der Waals surface area contributed by atoms with Crippen LogP contribution in [0.1, 0.15) is 17.0 Å². The van der Waals surface area contributed by atoms with Crippen LogP contribution in [0.4, 0.5) is 4.39 Å². The van der Waals surface area contributed by atoms with Crippen molar-refractivity contribution < 1.29 is 9.18 Å². The third-order valence-electron chi connectivity index (χ3n) is 4.16. The van der Waals surface area contributed by atoms with Crippen LogP contribution in [0.25, 0.3) is 11.3 Å². The molecule has 0 aliphatic heterocycles. The number of thiazole rings is 1. The zero-order chi connectivity index (χ0) is 18.4. The Morgan fingerprint density at radius 2 is 1.85 bits per heavy atom. The van der Waals surface area contributed by atoms with E-state index in [2.05, 4.69) is 9.97 Å². The van der Waals surface area contributed by atoms with Gasteiger partial charge in [0.25, 0.3) is 0 Å². The number of rotatable bonds is 7. The Bertz CT molecular complexity index is 849. The second-order valence-electron chi connectivity index (χ2n) is 6.05. The number of pyridine rings is 1. The molecular weight excluding hydrogens is 349 g/mol. The first-order chi connectivity index (χ1) is 12.6. The first-order valence-corrected chi connectivity index (χ1v) is 9.33. The van der Waals surface area contributed by atoms with Crippen LogP contribution in [-0.4, -0.2) is 34.4 Å². The second kappa shape index (κ2) is 8.67. The van der Waals surface area contributed by atoms with Crippen LogP contribution in [0, 0.1) is 5.82 Å². The minimum Gasteiger partial charge on any atom is -0.345 e. The monoisotopic (exact) mass is 369 g/mol. The van der Waals surface area contributed by atoms with Crippen LogP contribution in [0.2, 0.25) is 0 Å². The third kappa shape index (κ3) is 4.95. The summed E-state index contributed by atoms with van der Waals surface area (Å²) >= 11 is 1.53. The Labute approximate surface area is 156 Å². The van der Waals surface area contributed by atoms with Crippen LogP contribution in [0.5, 0.6) is 0 Å². The smallest absolute Gasteiger partial charge is 0.222 e. The van der Waals surface area contributed by atoms with Gasteiger partial charge in [-0.15, -0.1) is 11.3 Å². The number of hydrogen-bond acceptors (Lipinski definition) is 4. The van der Waals surface area contributed by atoms with Crippen molar-refractivity contribution in [2.75, 3.05) is 13.6 Å². The van der Waals surface area contributed by atoms with E-state index in [0.717, 1.165) is 22.7 Å². The lowest BCUT2D eigenvalue weighted by Crippen LogP contribution is -2.29. The largest absolute Gasteiger partial charge is 0.345 e. The van der Waals surface area contributed by atoms with Crippen molar-refractivity contribution in [3.05, 3.63) is 70.6 Å². The summed E-state index contributed by atoms with van der Waals surface area (Å²) in [6.45, 7) is 0.682. The van der Waals surface area contributed by atoms with Gasteiger partial charge in [-0.2, -0.15) is 0 Å². The highest BCUT2D eigenvalue weighted by Crippen LogP contribution is 2.23. The highest BCUT2D eigenvalue weighted by atomic mass is 32.1. The van der Waals surface area contributed by atoms with Crippen LogP contribution in [-0.2, 0) is 17.6 Å². The van der Waals surface area contributed by atoms with Gasteiger partial charge >= 0.3 is 0 Å². The summed E-state index contributed by atoms with van der Waals surface area (Å²) in [5, 5.41) is 2.86. The molecule has 0 saturated heterocycles. The van der Waals surface area contributed by atoms with E-state index in [-0.39, 0.29) is 11.7 Å². The number of amides is 1. The minimum absolute atomic E-state index is 0.109. The fourth-order valence-electron chi connectivity index (χ4n) is 2.55. The molecule has 2 aromatic heterocycles. The van der Waals surface area contributed by atoms with E-state index < -0.39 is 0 Å². The first-order valence-electron chi connectivity index (χ1n) is 8.45. The molecule has 4 nitrogen and oxygen atoms in total. The van der Waals surface area contributed by atoms with Crippen molar-refractivity contribution in [1.82, 2.24) is 14.9 Å².